The molecule has 13 nitrogen and oxygen atoms in total. The number of nitrogens with two attached hydrogens (primary N) is 1. The number of fused-ring (bicyclic) bond motifs is 1. The lowest BCUT2D eigenvalue weighted by atomic mass is 10.1. The molecule has 2 aromatic rings. The monoisotopic (exact) mass is 467 g/mol. The van der Waals surface area contributed by atoms with Crippen molar-refractivity contribution in [2.75, 3.05) is 12.3 Å². The van der Waals surface area contributed by atoms with Crippen LogP contribution in [0.5, 0.6) is 0 Å². The number of alkyl halides is 1. The molecule has 33 heavy (non-hydrogen) atoms. The zero-order chi connectivity index (χ0) is 24.0. The number of ether oxygens (including phenoxy) is 3. The molecule has 1 aliphatic heterocycles. The molecule has 0 aromatic carbocycles. The molecule has 1 saturated heterocycles. The van der Waals surface area contributed by atoms with Crippen molar-refractivity contribution in [3.8, 4) is 0 Å². The van der Waals surface area contributed by atoms with Gasteiger partial charge in [0, 0.05) is 20.4 Å². The third kappa shape index (κ3) is 4.25. The number of halogens is 1. The molecule has 0 radical (unpaired) electrons. The van der Waals surface area contributed by atoms with E-state index in [9.17, 15) is 24.3 Å². The Morgan fingerprint density at radius 3 is 2.67 bits per heavy atom. The van der Waals surface area contributed by atoms with Crippen molar-refractivity contribution in [3.63, 3.8) is 0 Å². The smallest absolute Gasteiger partial charge is 0.332 e. The van der Waals surface area contributed by atoms with E-state index in [0.29, 0.717) is 6.42 Å². The first kappa shape index (κ1) is 22.6. The summed E-state index contributed by atoms with van der Waals surface area (Å²) in [5, 5.41) is 9.19. The molecule has 1 aliphatic carbocycles. The summed E-state index contributed by atoms with van der Waals surface area (Å²) in [6, 6.07) is 0. The summed E-state index contributed by atoms with van der Waals surface area (Å²) < 4.78 is 33.0. The van der Waals surface area contributed by atoms with Crippen LogP contribution in [-0.2, 0) is 35.1 Å². The number of rotatable bonds is 7. The molecule has 3 N–H and O–H groups in total. The van der Waals surface area contributed by atoms with E-state index in [1.807, 2.05) is 0 Å². The number of carbonyl (C=O) groups is 3. The number of carboxylic acids is 1. The van der Waals surface area contributed by atoms with Crippen molar-refractivity contribution < 1.29 is 38.1 Å². The molecule has 4 rings (SSSR count). The Morgan fingerprint density at radius 1 is 1.33 bits per heavy atom. The van der Waals surface area contributed by atoms with Crippen molar-refractivity contribution in [2.45, 2.75) is 51.4 Å². The predicted octanol–water partition coefficient (Wildman–Crippen LogP) is -0.374. The number of esters is 2. The summed E-state index contributed by atoms with van der Waals surface area (Å²) in [5.41, 5.74) is 5.24. The van der Waals surface area contributed by atoms with Crippen LogP contribution in [0.1, 0.15) is 26.5 Å². The fraction of sp³-hybridized carbons (Fsp3) is 0.579. The number of hydrogen-bond acceptors (Lipinski definition) is 10. The number of aromatic nitrogens is 4. The van der Waals surface area contributed by atoms with Gasteiger partial charge in [-0.2, -0.15) is 4.98 Å². The Morgan fingerprint density at radius 2 is 2.06 bits per heavy atom. The first-order valence-corrected chi connectivity index (χ1v) is 10.1. The van der Waals surface area contributed by atoms with Crippen LogP contribution in [0.25, 0.3) is 11.2 Å². The highest BCUT2D eigenvalue weighted by atomic mass is 19.1. The van der Waals surface area contributed by atoms with Crippen molar-refractivity contribution in [1.82, 2.24) is 19.1 Å². The Bertz CT molecular complexity index is 1180. The van der Waals surface area contributed by atoms with Crippen LogP contribution in [0.2, 0.25) is 0 Å². The van der Waals surface area contributed by atoms with Gasteiger partial charge in [-0.05, 0) is 12.3 Å². The summed E-state index contributed by atoms with van der Waals surface area (Å²) in [5.74, 6) is -3.46. The van der Waals surface area contributed by atoms with Crippen LogP contribution < -0.4 is 11.4 Å². The number of nitrogen functional groups attached to an aromatic ring is 1. The zero-order valence-electron chi connectivity index (χ0n) is 17.7. The van der Waals surface area contributed by atoms with E-state index in [2.05, 4.69) is 9.97 Å². The van der Waals surface area contributed by atoms with Gasteiger partial charge in [0.15, 0.2) is 24.2 Å². The molecule has 0 spiro atoms. The fourth-order valence-electron chi connectivity index (χ4n) is 4.02. The van der Waals surface area contributed by atoms with E-state index < -0.39 is 60.7 Å². The molecule has 0 bridgehead atoms. The first-order valence-electron chi connectivity index (χ1n) is 10.1. The predicted molar refractivity (Wildman–Crippen MR) is 106 cm³/mol. The Labute approximate surface area is 185 Å². The van der Waals surface area contributed by atoms with Gasteiger partial charge in [-0.1, -0.05) is 0 Å². The lowest BCUT2D eigenvalue weighted by molar-refractivity contribution is -0.154. The molecule has 3 heterocycles. The molecule has 0 unspecified atom stereocenters. The third-order valence-corrected chi connectivity index (χ3v) is 5.65. The average molecular weight is 467 g/mol. The fourth-order valence-corrected chi connectivity index (χ4v) is 4.02. The average Bonchev–Trinajstić information content (AvgIpc) is 3.39. The molecule has 0 amide bonds. The van der Waals surface area contributed by atoms with E-state index in [1.165, 1.54) is 10.8 Å². The van der Waals surface area contributed by atoms with Gasteiger partial charge in [0.2, 0.25) is 5.95 Å². The Balaban J connectivity index is 1.76. The highest BCUT2D eigenvalue weighted by Gasteiger charge is 2.51. The van der Waals surface area contributed by atoms with Gasteiger partial charge in [0.25, 0.3) is 0 Å². The standard InChI is InChI=1S/C19H22FN5O8/c1-7(26)31-6-12-13(20)14(32-8(2)27)16(33-12)25-15-11(4-22-18(21)23-15)24(19(25)30)5-9-3-10(9)17(28)29/h4,9-10,12-14,16H,3,5-6H2,1-2H3,(H,28,29)(H2,21,22,23)/t9-,10+,12+,13+,14+,16+/m0/s1. The highest BCUT2D eigenvalue weighted by molar-refractivity contribution is 5.74. The van der Waals surface area contributed by atoms with Crippen LogP contribution in [-0.4, -0.2) is 67.1 Å². The van der Waals surface area contributed by atoms with Gasteiger partial charge in [0.05, 0.1) is 12.1 Å². The second-order valence-corrected chi connectivity index (χ2v) is 8.03. The minimum atomic E-state index is -1.91. The molecule has 2 aromatic heterocycles. The van der Waals surface area contributed by atoms with Gasteiger partial charge in [-0.15, -0.1) is 0 Å². The molecule has 6 atom stereocenters. The van der Waals surface area contributed by atoms with E-state index in [1.54, 1.807) is 0 Å². The maximum absolute atomic E-state index is 15.1. The summed E-state index contributed by atoms with van der Waals surface area (Å²) in [4.78, 5) is 55.4. The molecule has 1 saturated carbocycles. The number of anilines is 1. The number of aliphatic carboxylic acids is 1. The SMILES string of the molecule is CC(=O)OC[C@H]1O[C@@H](n2c(=O)n(C[C@@H]3C[C@H]3C(=O)O)c3cnc(N)nc32)[C@H](OC(C)=O)[C@@H]1F. The first-order chi connectivity index (χ1) is 15.6. The number of carbonyl (C=O) groups excluding carboxylic acids is 2. The lowest BCUT2D eigenvalue weighted by Gasteiger charge is -2.19. The molecule has 14 heteroatoms. The number of carboxylic acid groups (broad SMARTS) is 1. The van der Waals surface area contributed by atoms with Crippen LogP contribution in [0, 0.1) is 11.8 Å². The molecular weight excluding hydrogens is 445 g/mol. The molecule has 2 aliphatic rings. The molecular formula is C19H22FN5O8. The largest absolute Gasteiger partial charge is 0.481 e. The quantitative estimate of drug-likeness (QED) is 0.507. The second-order valence-electron chi connectivity index (χ2n) is 8.03. The minimum Gasteiger partial charge on any atom is -0.481 e. The van der Waals surface area contributed by atoms with Crippen molar-refractivity contribution >= 4 is 35.0 Å². The third-order valence-electron chi connectivity index (χ3n) is 5.65. The van der Waals surface area contributed by atoms with Crippen LogP contribution in [0.3, 0.4) is 0 Å². The Hall–Kier alpha value is -3.55. The van der Waals surface area contributed by atoms with Crippen LogP contribution >= 0.6 is 0 Å². The zero-order valence-corrected chi connectivity index (χ0v) is 17.7. The van der Waals surface area contributed by atoms with Crippen LogP contribution in [0.4, 0.5) is 10.3 Å². The summed E-state index contributed by atoms with van der Waals surface area (Å²) in [7, 11) is 0. The van der Waals surface area contributed by atoms with Crippen LogP contribution in [0.15, 0.2) is 11.0 Å². The van der Waals surface area contributed by atoms with Gasteiger partial charge in [-0.3, -0.25) is 19.0 Å². The van der Waals surface area contributed by atoms with Gasteiger partial charge >= 0.3 is 23.6 Å². The second kappa shape index (κ2) is 8.42. The van der Waals surface area contributed by atoms with E-state index >= 15 is 4.39 Å². The maximum atomic E-state index is 15.1. The van der Waals surface area contributed by atoms with E-state index in [4.69, 9.17) is 19.9 Å². The number of hydrogen-bond donors (Lipinski definition) is 2. The minimum absolute atomic E-state index is 0.00233. The molecule has 2 fully saturated rings. The summed E-state index contributed by atoms with van der Waals surface area (Å²) in [6.45, 7) is 1.82. The van der Waals surface area contributed by atoms with Gasteiger partial charge in [0.1, 0.15) is 18.2 Å². The molecule has 178 valence electrons. The highest BCUT2D eigenvalue weighted by Crippen LogP contribution is 2.40. The van der Waals surface area contributed by atoms with Crippen molar-refractivity contribution in [3.05, 3.63) is 16.7 Å². The number of imidazole rings is 1. The normalized spacial score (nSPS) is 28.6. The van der Waals surface area contributed by atoms with E-state index in [0.717, 1.165) is 18.4 Å². The summed E-state index contributed by atoms with van der Waals surface area (Å²) in [6.07, 6.45) is -4.51. The van der Waals surface area contributed by atoms with Crippen molar-refractivity contribution in [1.29, 1.82) is 0 Å². The summed E-state index contributed by atoms with van der Waals surface area (Å²) >= 11 is 0. The van der Waals surface area contributed by atoms with E-state index in [-0.39, 0.29) is 29.6 Å². The lowest BCUT2D eigenvalue weighted by Crippen LogP contribution is -2.37. The van der Waals surface area contributed by atoms with Gasteiger partial charge < -0.3 is 25.1 Å². The number of nitrogens with zero attached hydrogens (tertiary/aromatic N) is 4. The van der Waals surface area contributed by atoms with Gasteiger partial charge in [-0.25, -0.2) is 18.7 Å². The van der Waals surface area contributed by atoms with Crippen molar-refractivity contribution in [2.24, 2.45) is 11.8 Å². The maximum Gasteiger partial charge on any atom is 0.332 e. The topological polar surface area (TPSA) is 178 Å². The Kier molecular flexibility index (Phi) is 5.78.